The second kappa shape index (κ2) is 4.17. The molecule has 0 unspecified atom stereocenters. The summed E-state index contributed by atoms with van der Waals surface area (Å²) >= 11 is 1.49. The van der Waals surface area contributed by atoms with Gasteiger partial charge in [0.25, 0.3) is 0 Å². The maximum absolute atomic E-state index is 11.0. The average Bonchev–Trinajstić information content (AvgIpc) is 2.74. The molecule has 0 bridgehead atoms. The zero-order chi connectivity index (χ0) is 11.7. The standard InChI is InChI=1S/C11H12N2O2S/c1-7-9(6-14)11(13(3)12-7)16-10-4-5-15-8(10)2/h4-6H,1-3H3. The van der Waals surface area contributed by atoms with Crippen LogP contribution in [0.15, 0.2) is 26.7 Å². The van der Waals surface area contributed by atoms with E-state index in [1.54, 1.807) is 10.9 Å². The fourth-order valence-electron chi connectivity index (χ4n) is 1.49. The minimum Gasteiger partial charge on any atom is -0.468 e. The molecule has 0 aromatic carbocycles. The van der Waals surface area contributed by atoms with Crippen LogP contribution in [0.4, 0.5) is 0 Å². The number of hydrogen-bond donors (Lipinski definition) is 0. The van der Waals surface area contributed by atoms with Crippen molar-refractivity contribution >= 4 is 18.0 Å². The zero-order valence-electron chi connectivity index (χ0n) is 9.35. The number of aldehydes is 1. The van der Waals surface area contributed by atoms with E-state index in [2.05, 4.69) is 5.10 Å². The lowest BCUT2D eigenvalue weighted by atomic mass is 10.3. The van der Waals surface area contributed by atoms with Crippen LogP contribution in [0.2, 0.25) is 0 Å². The van der Waals surface area contributed by atoms with E-state index < -0.39 is 0 Å². The minimum absolute atomic E-state index is 0.646. The summed E-state index contributed by atoms with van der Waals surface area (Å²) in [6.45, 7) is 3.72. The van der Waals surface area contributed by atoms with Gasteiger partial charge in [-0.15, -0.1) is 0 Å². The van der Waals surface area contributed by atoms with Crippen LogP contribution in [0.5, 0.6) is 0 Å². The molecule has 4 nitrogen and oxygen atoms in total. The molecule has 2 heterocycles. The van der Waals surface area contributed by atoms with E-state index in [0.717, 1.165) is 27.7 Å². The Balaban J connectivity index is 2.41. The summed E-state index contributed by atoms with van der Waals surface area (Å²) < 4.78 is 6.94. The summed E-state index contributed by atoms with van der Waals surface area (Å²) in [5.41, 5.74) is 1.40. The van der Waals surface area contributed by atoms with Crippen molar-refractivity contribution in [3.05, 3.63) is 29.3 Å². The van der Waals surface area contributed by atoms with Crippen molar-refractivity contribution in [1.29, 1.82) is 0 Å². The van der Waals surface area contributed by atoms with Gasteiger partial charge in [-0.05, 0) is 19.9 Å². The molecule has 0 aliphatic heterocycles. The molecule has 0 aliphatic rings. The fraction of sp³-hybridized carbons (Fsp3) is 0.273. The summed E-state index contributed by atoms with van der Waals surface area (Å²) in [5, 5.41) is 5.07. The normalized spacial score (nSPS) is 10.7. The third kappa shape index (κ3) is 1.78. The summed E-state index contributed by atoms with van der Waals surface area (Å²) in [6.07, 6.45) is 2.49. The lowest BCUT2D eigenvalue weighted by Gasteiger charge is -2.01. The van der Waals surface area contributed by atoms with E-state index in [0.29, 0.717) is 5.56 Å². The number of rotatable bonds is 3. The lowest BCUT2D eigenvalue weighted by molar-refractivity contribution is 0.112. The summed E-state index contributed by atoms with van der Waals surface area (Å²) in [4.78, 5) is 12.0. The Hall–Kier alpha value is -1.49. The smallest absolute Gasteiger partial charge is 0.154 e. The van der Waals surface area contributed by atoms with Crippen LogP contribution in [0, 0.1) is 13.8 Å². The number of aryl methyl sites for hydroxylation is 3. The Morgan fingerprint density at radius 1 is 1.50 bits per heavy atom. The molecular weight excluding hydrogens is 224 g/mol. The molecule has 16 heavy (non-hydrogen) atoms. The van der Waals surface area contributed by atoms with Crippen LogP contribution >= 0.6 is 11.8 Å². The molecule has 0 spiro atoms. The molecule has 0 fully saturated rings. The van der Waals surface area contributed by atoms with Crippen molar-refractivity contribution in [3.63, 3.8) is 0 Å². The molecule has 0 aliphatic carbocycles. The molecule has 84 valence electrons. The van der Waals surface area contributed by atoms with Gasteiger partial charge < -0.3 is 4.42 Å². The molecule has 0 amide bonds. The molecule has 0 atom stereocenters. The van der Waals surface area contributed by atoms with Gasteiger partial charge in [-0.1, -0.05) is 11.8 Å². The monoisotopic (exact) mass is 236 g/mol. The van der Waals surface area contributed by atoms with E-state index in [-0.39, 0.29) is 0 Å². The number of furan rings is 1. The van der Waals surface area contributed by atoms with Gasteiger partial charge in [0.05, 0.1) is 22.4 Å². The highest BCUT2D eigenvalue weighted by Gasteiger charge is 2.15. The number of aromatic nitrogens is 2. The van der Waals surface area contributed by atoms with Gasteiger partial charge in [-0.2, -0.15) is 5.10 Å². The highest BCUT2D eigenvalue weighted by Crippen LogP contribution is 2.33. The molecule has 2 aromatic heterocycles. The fourth-order valence-corrected chi connectivity index (χ4v) is 2.50. The molecule has 5 heteroatoms. The molecule has 0 N–H and O–H groups in total. The van der Waals surface area contributed by atoms with Crippen molar-refractivity contribution in [1.82, 2.24) is 9.78 Å². The maximum atomic E-state index is 11.0. The Labute approximate surface area is 97.6 Å². The molecule has 0 radical (unpaired) electrons. The van der Waals surface area contributed by atoms with Gasteiger partial charge in [0.15, 0.2) is 6.29 Å². The van der Waals surface area contributed by atoms with Crippen LogP contribution in [-0.2, 0) is 7.05 Å². The second-order valence-corrected chi connectivity index (χ2v) is 4.52. The van der Waals surface area contributed by atoms with Crippen LogP contribution in [0.3, 0.4) is 0 Å². The van der Waals surface area contributed by atoms with Crippen molar-refractivity contribution in [2.45, 2.75) is 23.8 Å². The SMILES string of the molecule is Cc1nn(C)c(Sc2ccoc2C)c1C=O. The summed E-state index contributed by atoms with van der Waals surface area (Å²) in [5.74, 6) is 0.848. The van der Waals surface area contributed by atoms with E-state index in [1.165, 1.54) is 11.8 Å². The molecule has 0 saturated carbocycles. The quantitative estimate of drug-likeness (QED) is 0.768. The van der Waals surface area contributed by atoms with Crippen molar-refractivity contribution in [3.8, 4) is 0 Å². The predicted molar refractivity (Wildman–Crippen MR) is 60.9 cm³/mol. The van der Waals surface area contributed by atoms with Crippen molar-refractivity contribution < 1.29 is 9.21 Å². The van der Waals surface area contributed by atoms with Crippen molar-refractivity contribution in [2.24, 2.45) is 7.05 Å². The van der Waals surface area contributed by atoms with Gasteiger partial charge in [0.2, 0.25) is 0 Å². The molecule has 2 rings (SSSR count). The zero-order valence-corrected chi connectivity index (χ0v) is 10.2. The molecular formula is C11H12N2O2S. The average molecular weight is 236 g/mol. The summed E-state index contributed by atoms with van der Waals surface area (Å²) in [7, 11) is 1.83. The molecule has 0 saturated heterocycles. The Kier molecular flexibility index (Phi) is 2.87. The largest absolute Gasteiger partial charge is 0.468 e. The van der Waals surface area contributed by atoms with Gasteiger partial charge in [0.1, 0.15) is 10.8 Å². The second-order valence-electron chi connectivity index (χ2n) is 3.49. The van der Waals surface area contributed by atoms with Crippen LogP contribution in [-0.4, -0.2) is 16.1 Å². The highest BCUT2D eigenvalue weighted by atomic mass is 32.2. The minimum atomic E-state index is 0.646. The highest BCUT2D eigenvalue weighted by molar-refractivity contribution is 7.99. The van der Waals surface area contributed by atoms with E-state index in [1.807, 2.05) is 27.0 Å². The van der Waals surface area contributed by atoms with Gasteiger partial charge in [-0.3, -0.25) is 9.48 Å². The Morgan fingerprint density at radius 3 is 2.81 bits per heavy atom. The lowest BCUT2D eigenvalue weighted by Crippen LogP contribution is -1.93. The first-order chi connectivity index (χ1) is 7.63. The number of carbonyl (C=O) groups is 1. The van der Waals surface area contributed by atoms with Crippen LogP contribution in [0.1, 0.15) is 21.8 Å². The maximum Gasteiger partial charge on any atom is 0.154 e. The van der Waals surface area contributed by atoms with Crippen LogP contribution in [0.25, 0.3) is 0 Å². The Morgan fingerprint density at radius 2 is 2.25 bits per heavy atom. The van der Waals surface area contributed by atoms with E-state index in [4.69, 9.17) is 4.42 Å². The number of carbonyl (C=O) groups excluding carboxylic acids is 1. The first-order valence-electron chi connectivity index (χ1n) is 4.84. The van der Waals surface area contributed by atoms with Crippen molar-refractivity contribution in [2.75, 3.05) is 0 Å². The van der Waals surface area contributed by atoms with Gasteiger partial charge in [-0.25, -0.2) is 0 Å². The van der Waals surface area contributed by atoms with E-state index in [9.17, 15) is 4.79 Å². The Bertz CT molecular complexity index is 528. The summed E-state index contributed by atoms with van der Waals surface area (Å²) in [6, 6.07) is 1.89. The third-order valence-electron chi connectivity index (χ3n) is 2.35. The molecule has 2 aromatic rings. The van der Waals surface area contributed by atoms with Gasteiger partial charge >= 0.3 is 0 Å². The first kappa shape index (κ1) is 11.0. The topological polar surface area (TPSA) is 48.0 Å². The third-order valence-corrected chi connectivity index (χ3v) is 3.67. The van der Waals surface area contributed by atoms with Gasteiger partial charge in [0, 0.05) is 7.05 Å². The van der Waals surface area contributed by atoms with E-state index >= 15 is 0 Å². The van der Waals surface area contributed by atoms with Crippen LogP contribution < -0.4 is 0 Å². The number of nitrogens with zero attached hydrogens (tertiary/aromatic N) is 2. The first-order valence-corrected chi connectivity index (χ1v) is 5.66. The number of hydrogen-bond acceptors (Lipinski definition) is 4. The predicted octanol–water partition coefficient (Wildman–Crippen LogP) is 2.59.